The van der Waals surface area contributed by atoms with Crippen molar-refractivity contribution >= 4 is 40.9 Å². The number of urea groups is 1. The van der Waals surface area contributed by atoms with Crippen LogP contribution in [-0.4, -0.2) is 53.5 Å². The number of phenols is 1. The summed E-state index contributed by atoms with van der Waals surface area (Å²) in [5.41, 5.74) is 1.39. The second-order valence-corrected chi connectivity index (χ2v) is 9.39. The third-order valence-electron chi connectivity index (χ3n) is 6.19. The zero-order valence-electron chi connectivity index (χ0n) is 19.1. The van der Waals surface area contributed by atoms with E-state index in [9.17, 15) is 14.7 Å². The number of halogens is 2. The number of hydrogen-bond acceptors (Lipinski definition) is 6. The Labute approximate surface area is 213 Å². The van der Waals surface area contributed by atoms with Crippen LogP contribution in [0.1, 0.15) is 30.4 Å². The Morgan fingerprint density at radius 2 is 1.77 bits per heavy atom. The predicted molar refractivity (Wildman–Crippen MR) is 132 cm³/mol. The lowest BCUT2D eigenvalue weighted by molar-refractivity contribution is -0.115. The molecule has 2 aliphatic heterocycles. The van der Waals surface area contributed by atoms with Gasteiger partial charge in [-0.3, -0.25) is 4.79 Å². The third kappa shape index (κ3) is 5.91. The van der Waals surface area contributed by atoms with Gasteiger partial charge in [0.1, 0.15) is 11.3 Å². The highest BCUT2D eigenvalue weighted by molar-refractivity contribution is 6.42. The standard InChI is InChI=1S/C24H26Cl2N4O5/c1-34-21-11-16(3-5-20(21)31)13-27-22(32)19-12-24(35-29-19)6-8-30(9-7-24)23(33)28-14-15-2-4-17(25)18(26)10-15/h2-5,10-11,31H,6-9,12-14H2,1H3,(H,27,32)(H,28,33). The number of carbonyl (C=O) groups excluding carboxylic acids is 2. The van der Waals surface area contributed by atoms with Gasteiger partial charge in [-0.15, -0.1) is 0 Å². The van der Waals surface area contributed by atoms with E-state index in [0.717, 1.165) is 11.1 Å². The lowest BCUT2D eigenvalue weighted by atomic mass is 9.87. The number of hydrogen-bond donors (Lipinski definition) is 3. The zero-order chi connectivity index (χ0) is 25.0. The molecule has 2 heterocycles. The van der Waals surface area contributed by atoms with Gasteiger partial charge in [0.15, 0.2) is 11.5 Å². The molecule has 1 fully saturated rings. The first-order chi connectivity index (χ1) is 16.8. The van der Waals surface area contributed by atoms with Crippen LogP contribution in [0.15, 0.2) is 41.6 Å². The average molecular weight is 521 g/mol. The Morgan fingerprint density at radius 1 is 1.09 bits per heavy atom. The number of nitrogens with one attached hydrogen (secondary N) is 2. The van der Waals surface area contributed by atoms with Crippen LogP contribution in [0.4, 0.5) is 4.79 Å². The monoisotopic (exact) mass is 520 g/mol. The van der Waals surface area contributed by atoms with Gasteiger partial charge in [-0.2, -0.15) is 0 Å². The molecule has 11 heteroatoms. The summed E-state index contributed by atoms with van der Waals surface area (Å²) in [5, 5.41) is 20.4. The minimum atomic E-state index is -0.574. The van der Waals surface area contributed by atoms with Crippen molar-refractivity contribution in [2.75, 3.05) is 20.2 Å². The molecule has 1 spiro atoms. The number of benzene rings is 2. The maximum atomic E-state index is 12.6. The first-order valence-electron chi connectivity index (χ1n) is 11.1. The highest BCUT2D eigenvalue weighted by Gasteiger charge is 2.44. The van der Waals surface area contributed by atoms with Crippen LogP contribution < -0.4 is 15.4 Å². The summed E-state index contributed by atoms with van der Waals surface area (Å²) >= 11 is 12.0. The van der Waals surface area contributed by atoms with Crippen LogP contribution in [0.25, 0.3) is 0 Å². The zero-order valence-corrected chi connectivity index (χ0v) is 20.7. The van der Waals surface area contributed by atoms with E-state index in [0.29, 0.717) is 60.4 Å². The number of amides is 3. The van der Waals surface area contributed by atoms with Crippen molar-refractivity contribution in [1.29, 1.82) is 0 Å². The lowest BCUT2D eigenvalue weighted by Crippen LogP contribution is -2.50. The molecule has 0 saturated carbocycles. The number of oxime groups is 1. The van der Waals surface area contributed by atoms with Crippen molar-refractivity contribution < 1.29 is 24.3 Å². The van der Waals surface area contributed by atoms with Gasteiger partial charge in [0.25, 0.3) is 5.91 Å². The molecule has 0 atom stereocenters. The number of methoxy groups -OCH3 is 1. The molecule has 0 unspecified atom stereocenters. The molecule has 2 aromatic carbocycles. The van der Waals surface area contributed by atoms with E-state index in [2.05, 4.69) is 15.8 Å². The van der Waals surface area contributed by atoms with Gasteiger partial charge in [0.2, 0.25) is 0 Å². The molecule has 0 radical (unpaired) electrons. The Balaban J connectivity index is 1.23. The topological polar surface area (TPSA) is 112 Å². The molecule has 2 aromatic rings. The molecular weight excluding hydrogens is 495 g/mol. The quantitative estimate of drug-likeness (QED) is 0.535. The second-order valence-electron chi connectivity index (χ2n) is 8.57. The highest BCUT2D eigenvalue weighted by Crippen LogP contribution is 2.35. The number of rotatable bonds is 6. The summed E-state index contributed by atoms with van der Waals surface area (Å²) in [6.45, 7) is 1.58. The minimum absolute atomic E-state index is 0.0347. The number of phenolic OH excluding ortho intramolecular Hbond substituents is 1. The average Bonchev–Trinajstić information content (AvgIpc) is 3.27. The van der Waals surface area contributed by atoms with Crippen molar-refractivity contribution in [3.8, 4) is 11.5 Å². The van der Waals surface area contributed by atoms with Crippen molar-refractivity contribution in [3.05, 3.63) is 57.6 Å². The summed E-state index contributed by atoms with van der Waals surface area (Å²) in [5.74, 6) is 0.0632. The molecule has 1 saturated heterocycles. The third-order valence-corrected chi connectivity index (χ3v) is 6.93. The molecule has 2 aliphatic rings. The fourth-order valence-corrected chi connectivity index (χ4v) is 4.40. The first-order valence-corrected chi connectivity index (χ1v) is 11.9. The lowest BCUT2D eigenvalue weighted by Gasteiger charge is -2.37. The largest absolute Gasteiger partial charge is 0.504 e. The van der Waals surface area contributed by atoms with Crippen LogP contribution in [0.5, 0.6) is 11.5 Å². The van der Waals surface area contributed by atoms with Crippen molar-refractivity contribution in [3.63, 3.8) is 0 Å². The molecule has 0 aromatic heterocycles. The van der Waals surface area contributed by atoms with Gasteiger partial charge in [-0.05, 0) is 35.4 Å². The molecule has 0 aliphatic carbocycles. The Hall–Kier alpha value is -3.17. The normalized spacial score (nSPS) is 16.4. The number of nitrogens with zero attached hydrogens (tertiary/aromatic N) is 2. The maximum Gasteiger partial charge on any atom is 0.317 e. The van der Waals surface area contributed by atoms with Gasteiger partial charge in [0, 0.05) is 45.4 Å². The van der Waals surface area contributed by atoms with Crippen LogP contribution in [0.3, 0.4) is 0 Å². The first kappa shape index (κ1) is 24.9. The van der Waals surface area contributed by atoms with Crippen LogP contribution in [-0.2, 0) is 22.7 Å². The van der Waals surface area contributed by atoms with E-state index in [1.807, 2.05) is 6.07 Å². The summed E-state index contributed by atoms with van der Waals surface area (Å²) < 4.78 is 5.09. The van der Waals surface area contributed by atoms with Crippen molar-refractivity contribution in [2.45, 2.75) is 38.0 Å². The van der Waals surface area contributed by atoms with E-state index in [1.165, 1.54) is 13.2 Å². The van der Waals surface area contributed by atoms with Gasteiger partial charge in [-0.1, -0.05) is 40.5 Å². The fourth-order valence-electron chi connectivity index (χ4n) is 4.08. The van der Waals surface area contributed by atoms with Gasteiger partial charge >= 0.3 is 6.03 Å². The minimum Gasteiger partial charge on any atom is -0.504 e. The molecule has 9 nitrogen and oxygen atoms in total. The highest BCUT2D eigenvalue weighted by atomic mass is 35.5. The predicted octanol–water partition coefficient (Wildman–Crippen LogP) is 3.84. The van der Waals surface area contributed by atoms with Crippen molar-refractivity contribution in [2.24, 2.45) is 5.16 Å². The van der Waals surface area contributed by atoms with E-state index >= 15 is 0 Å². The Bertz CT molecular complexity index is 1150. The van der Waals surface area contributed by atoms with Crippen LogP contribution in [0, 0.1) is 0 Å². The number of piperidine rings is 1. The summed E-state index contributed by atoms with van der Waals surface area (Å²) in [4.78, 5) is 32.6. The summed E-state index contributed by atoms with van der Waals surface area (Å²) in [6.07, 6.45) is 1.53. The Morgan fingerprint density at radius 3 is 2.49 bits per heavy atom. The molecule has 0 bridgehead atoms. The Kier molecular flexibility index (Phi) is 7.57. The van der Waals surface area contributed by atoms with E-state index in [1.54, 1.807) is 29.2 Å². The molecule has 186 valence electrons. The van der Waals surface area contributed by atoms with E-state index in [4.69, 9.17) is 32.8 Å². The van der Waals surface area contributed by atoms with Gasteiger partial charge in [-0.25, -0.2) is 4.79 Å². The van der Waals surface area contributed by atoms with Crippen LogP contribution >= 0.6 is 23.2 Å². The number of carbonyl (C=O) groups is 2. The summed E-state index contributed by atoms with van der Waals surface area (Å²) in [6, 6.07) is 9.94. The molecule has 3 amide bonds. The van der Waals surface area contributed by atoms with Crippen molar-refractivity contribution in [1.82, 2.24) is 15.5 Å². The summed E-state index contributed by atoms with van der Waals surface area (Å²) in [7, 11) is 1.46. The molecule has 4 rings (SSSR count). The number of aromatic hydroxyl groups is 1. The van der Waals surface area contributed by atoms with Gasteiger partial charge in [0.05, 0.1) is 17.2 Å². The number of ether oxygens (including phenoxy) is 1. The van der Waals surface area contributed by atoms with E-state index in [-0.39, 0.29) is 24.2 Å². The maximum absolute atomic E-state index is 12.6. The van der Waals surface area contributed by atoms with Gasteiger partial charge < -0.3 is 30.2 Å². The fraction of sp³-hybridized carbons (Fsp3) is 0.375. The molecular formula is C24H26Cl2N4O5. The molecule has 35 heavy (non-hydrogen) atoms. The van der Waals surface area contributed by atoms with E-state index < -0.39 is 5.60 Å². The molecule has 3 N–H and O–H groups in total. The number of likely N-dealkylation sites (tertiary alicyclic amines) is 1. The smallest absolute Gasteiger partial charge is 0.317 e. The SMILES string of the molecule is COc1cc(CNC(=O)C2=NOC3(CCN(C(=O)NCc4ccc(Cl)c(Cl)c4)CC3)C2)ccc1O. The second kappa shape index (κ2) is 10.6. The van der Waals surface area contributed by atoms with Crippen LogP contribution in [0.2, 0.25) is 10.0 Å².